The van der Waals surface area contributed by atoms with E-state index in [-0.39, 0.29) is 6.42 Å². The minimum Gasteiger partial charge on any atom is -0.411 e. The molecule has 2 nitrogen and oxygen atoms in total. The molecule has 0 amide bonds. The summed E-state index contributed by atoms with van der Waals surface area (Å²) in [5.74, 6) is 0. The van der Waals surface area contributed by atoms with E-state index in [4.69, 9.17) is 5.21 Å². The van der Waals surface area contributed by atoms with Crippen LogP contribution in [0.3, 0.4) is 0 Å². The van der Waals surface area contributed by atoms with Crippen LogP contribution < -0.4 is 0 Å². The van der Waals surface area contributed by atoms with Crippen LogP contribution in [0.15, 0.2) is 29.4 Å². The molecule has 0 fully saturated rings. The molecule has 0 saturated heterocycles. The van der Waals surface area contributed by atoms with Gasteiger partial charge in [0.05, 0.1) is 5.56 Å². The summed E-state index contributed by atoms with van der Waals surface area (Å²) < 4.78 is 36.6. The monoisotopic (exact) mass is 202 g/mol. The van der Waals surface area contributed by atoms with Crippen LogP contribution in [-0.2, 0) is 12.6 Å². The van der Waals surface area contributed by atoms with Crippen molar-refractivity contribution >= 4 is 6.21 Å². The largest absolute Gasteiger partial charge is 0.416 e. The molecule has 0 bridgehead atoms. The number of hydrogen-bond donors (Lipinski definition) is 1. The quantitative estimate of drug-likeness (QED) is 0.446. The van der Waals surface area contributed by atoms with Crippen molar-refractivity contribution < 1.29 is 18.4 Å². The first-order valence-corrected chi connectivity index (χ1v) is 3.77. The van der Waals surface area contributed by atoms with Gasteiger partial charge in [-0.25, -0.2) is 0 Å². The Morgan fingerprint density at radius 1 is 1.36 bits per heavy atom. The van der Waals surface area contributed by atoms with E-state index in [1.54, 1.807) is 0 Å². The molecule has 0 aliphatic heterocycles. The molecule has 75 valence electrons. The summed E-state index contributed by atoms with van der Waals surface area (Å²) in [7, 11) is 0. The van der Waals surface area contributed by atoms with Gasteiger partial charge in [0, 0.05) is 6.42 Å². The normalized spacial score (nSPS) is 12.2. The zero-order chi connectivity index (χ0) is 10.6. The number of hydrogen-bond acceptors (Lipinski definition) is 2. The lowest BCUT2D eigenvalue weighted by Crippen LogP contribution is -2.05. The van der Waals surface area contributed by atoms with Crippen molar-refractivity contribution in [2.45, 2.75) is 12.6 Å². The molecule has 1 rings (SSSR count). The third-order valence-electron chi connectivity index (χ3n) is 1.61. The first-order valence-electron chi connectivity index (χ1n) is 3.77. The van der Waals surface area contributed by atoms with E-state index in [2.05, 4.69) is 11.4 Å². The minimum atomic E-state index is -4.34. The van der Waals surface area contributed by atoms with Crippen LogP contribution in [0, 0.1) is 0 Å². The molecule has 0 aliphatic carbocycles. The van der Waals surface area contributed by atoms with E-state index >= 15 is 0 Å². The number of alkyl halides is 3. The van der Waals surface area contributed by atoms with Crippen molar-refractivity contribution in [3.8, 4) is 0 Å². The Morgan fingerprint density at radius 2 is 2.07 bits per heavy atom. The van der Waals surface area contributed by atoms with Crippen molar-refractivity contribution in [1.82, 2.24) is 0 Å². The first-order chi connectivity index (χ1) is 6.54. The van der Waals surface area contributed by atoms with Crippen LogP contribution in [0.25, 0.3) is 0 Å². The molecule has 1 aromatic carbocycles. The maximum absolute atomic E-state index is 12.2. The fraction of sp³-hybridized carbons (Fsp3) is 0.222. The summed E-state index contributed by atoms with van der Waals surface area (Å²) >= 11 is 0. The molecule has 0 atom stereocenters. The highest BCUT2D eigenvalue weighted by atomic mass is 19.4. The van der Waals surface area contributed by atoms with Gasteiger partial charge in [0.15, 0.2) is 0 Å². The van der Waals surface area contributed by atoms with E-state index in [0.717, 1.165) is 12.1 Å². The Labute approximate surface area is 78.7 Å². The SMILES string of the molecule is ON=[C]Cc1cccc(C(F)(F)F)c1. The van der Waals surface area contributed by atoms with Gasteiger partial charge in [0.2, 0.25) is 0 Å². The van der Waals surface area contributed by atoms with Crippen molar-refractivity contribution in [3.63, 3.8) is 0 Å². The number of halogens is 3. The minimum absolute atomic E-state index is 0.0560. The Morgan fingerprint density at radius 3 is 2.64 bits per heavy atom. The topological polar surface area (TPSA) is 32.6 Å². The van der Waals surface area contributed by atoms with Gasteiger partial charge in [0.1, 0.15) is 6.21 Å². The van der Waals surface area contributed by atoms with Crippen molar-refractivity contribution in [1.29, 1.82) is 0 Å². The lowest BCUT2D eigenvalue weighted by molar-refractivity contribution is -0.137. The van der Waals surface area contributed by atoms with E-state index in [1.165, 1.54) is 12.1 Å². The smallest absolute Gasteiger partial charge is 0.411 e. The van der Waals surface area contributed by atoms with E-state index in [9.17, 15) is 13.2 Å². The van der Waals surface area contributed by atoms with Crippen molar-refractivity contribution in [2.75, 3.05) is 0 Å². The number of nitrogens with zero attached hydrogens (tertiary/aromatic N) is 1. The third kappa shape index (κ3) is 2.76. The Balaban J connectivity index is 2.90. The molecule has 1 N–H and O–H groups in total. The molecule has 0 spiro atoms. The maximum Gasteiger partial charge on any atom is 0.416 e. The average molecular weight is 202 g/mol. The molecule has 1 aromatic rings. The molecule has 1 radical (unpaired) electrons. The Hall–Kier alpha value is -1.52. The van der Waals surface area contributed by atoms with Crippen LogP contribution in [0.2, 0.25) is 0 Å². The van der Waals surface area contributed by atoms with Gasteiger partial charge in [-0.3, -0.25) is 0 Å². The average Bonchev–Trinajstić information content (AvgIpc) is 2.14. The van der Waals surface area contributed by atoms with Gasteiger partial charge in [-0.05, 0) is 11.6 Å². The highest BCUT2D eigenvalue weighted by molar-refractivity contribution is 5.60. The summed E-state index contributed by atoms with van der Waals surface area (Å²) in [6, 6.07) is 4.79. The fourth-order valence-electron chi connectivity index (χ4n) is 0.984. The maximum atomic E-state index is 12.2. The van der Waals surface area contributed by atoms with Gasteiger partial charge in [0.25, 0.3) is 0 Å². The van der Waals surface area contributed by atoms with Crippen LogP contribution in [-0.4, -0.2) is 11.4 Å². The van der Waals surface area contributed by atoms with Gasteiger partial charge in [-0.1, -0.05) is 23.4 Å². The van der Waals surface area contributed by atoms with Crippen LogP contribution in [0.1, 0.15) is 11.1 Å². The summed E-state index contributed by atoms with van der Waals surface area (Å²) in [6.07, 6.45) is -2.13. The molecular formula is C9H7F3NO. The molecule has 0 aromatic heterocycles. The van der Waals surface area contributed by atoms with E-state index < -0.39 is 11.7 Å². The molecular weight excluding hydrogens is 195 g/mol. The lowest BCUT2D eigenvalue weighted by atomic mass is 10.1. The Kier molecular flexibility index (Phi) is 3.11. The van der Waals surface area contributed by atoms with Gasteiger partial charge in [-0.2, -0.15) is 13.2 Å². The van der Waals surface area contributed by atoms with Gasteiger partial charge < -0.3 is 5.21 Å². The fourth-order valence-corrected chi connectivity index (χ4v) is 0.984. The summed E-state index contributed by atoms with van der Waals surface area (Å²) in [5, 5.41) is 10.6. The molecule has 5 heteroatoms. The molecule has 0 heterocycles. The summed E-state index contributed by atoms with van der Waals surface area (Å²) in [4.78, 5) is 0. The van der Waals surface area contributed by atoms with Gasteiger partial charge in [-0.15, -0.1) is 0 Å². The molecule has 14 heavy (non-hydrogen) atoms. The summed E-state index contributed by atoms with van der Waals surface area (Å²) in [6.45, 7) is 0. The predicted octanol–water partition coefficient (Wildman–Crippen LogP) is 2.58. The highest BCUT2D eigenvalue weighted by Crippen LogP contribution is 2.29. The van der Waals surface area contributed by atoms with Crippen LogP contribution in [0.4, 0.5) is 13.2 Å². The predicted molar refractivity (Wildman–Crippen MR) is 44.4 cm³/mol. The first kappa shape index (κ1) is 10.6. The second-order valence-electron chi connectivity index (χ2n) is 2.63. The standard InChI is InChI=1S/C9H7F3NO/c10-9(11,12)8-3-1-2-7(6-8)4-5-13-14/h1-3,6,14H,4H2. The van der Waals surface area contributed by atoms with E-state index in [1.807, 2.05) is 0 Å². The van der Waals surface area contributed by atoms with Crippen molar-refractivity contribution in [2.24, 2.45) is 5.16 Å². The zero-order valence-corrected chi connectivity index (χ0v) is 7.04. The zero-order valence-electron chi connectivity index (χ0n) is 7.04. The van der Waals surface area contributed by atoms with E-state index in [0.29, 0.717) is 5.56 Å². The lowest BCUT2D eigenvalue weighted by Gasteiger charge is -2.06. The Bertz CT molecular complexity index is 333. The second kappa shape index (κ2) is 4.13. The molecule has 0 aliphatic rings. The van der Waals surface area contributed by atoms with Gasteiger partial charge >= 0.3 is 6.18 Å². The molecule has 0 unspecified atom stereocenters. The second-order valence-corrected chi connectivity index (χ2v) is 2.63. The molecule has 0 saturated carbocycles. The highest BCUT2D eigenvalue weighted by Gasteiger charge is 2.30. The van der Waals surface area contributed by atoms with Crippen molar-refractivity contribution in [3.05, 3.63) is 35.4 Å². The summed E-state index contributed by atoms with van der Waals surface area (Å²) in [5.41, 5.74) is -0.313. The number of benzene rings is 1. The number of rotatable bonds is 2. The van der Waals surface area contributed by atoms with Crippen LogP contribution >= 0.6 is 0 Å². The van der Waals surface area contributed by atoms with Crippen LogP contribution in [0.5, 0.6) is 0 Å². The third-order valence-corrected chi connectivity index (χ3v) is 1.61.